The highest BCUT2D eigenvalue weighted by atomic mass is 32.1. The SMILES string of the molecule is Cc1ccc(-c2nc(C(=O)O[C@H](C)C(=O)c3ccc(C)c(C)c3)cs2)cc1. The van der Waals surface area contributed by atoms with Crippen molar-refractivity contribution in [1.29, 1.82) is 0 Å². The minimum atomic E-state index is -0.871. The summed E-state index contributed by atoms with van der Waals surface area (Å²) >= 11 is 1.38. The number of rotatable bonds is 5. The Morgan fingerprint density at radius 2 is 1.70 bits per heavy atom. The Morgan fingerprint density at radius 1 is 1.00 bits per heavy atom. The summed E-state index contributed by atoms with van der Waals surface area (Å²) in [5, 5.41) is 2.40. The van der Waals surface area contributed by atoms with Gasteiger partial charge in [-0.05, 0) is 44.9 Å². The highest BCUT2D eigenvalue weighted by Gasteiger charge is 2.22. The molecule has 0 aliphatic carbocycles. The van der Waals surface area contributed by atoms with Gasteiger partial charge in [-0.1, -0.05) is 42.0 Å². The molecule has 1 atom stereocenters. The molecule has 5 heteroatoms. The lowest BCUT2D eigenvalue weighted by Gasteiger charge is -2.12. The van der Waals surface area contributed by atoms with Gasteiger partial charge in [0.25, 0.3) is 0 Å². The number of hydrogen-bond acceptors (Lipinski definition) is 5. The second-order valence-corrected chi connectivity index (χ2v) is 7.47. The molecule has 27 heavy (non-hydrogen) atoms. The average molecular weight is 379 g/mol. The van der Waals surface area contributed by atoms with Crippen molar-refractivity contribution in [3.8, 4) is 10.6 Å². The molecular weight excluding hydrogens is 358 g/mol. The van der Waals surface area contributed by atoms with Crippen LogP contribution in [-0.2, 0) is 4.74 Å². The summed E-state index contributed by atoms with van der Waals surface area (Å²) in [5.74, 6) is -0.810. The zero-order valence-electron chi connectivity index (χ0n) is 15.8. The third kappa shape index (κ3) is 4.31. The van der Waals surface area contributed by atoms with Crippen molar-refractivity contribution in [2.45, 2.75) is 33.8 Å². The number of nitrogens with zero attached hydrogens (tertiary/aromatic N) is 1. The summed E-state index contributed by atoms with van der Waals surface area (Å²) in [5.41, 5.74) is 5.01. The number of aromatic nitrogens is 1. The van der Waals surface area contributed by atoms with Crippen LogP contribution in [0.3, 0.4) is 0 Å². The first-order valence-electron chi connectivity index (χ1n) is 8.70. The maximum Gasteiger partial charge on any atom is 0.358 e. The average Bonchev–Trinajstić information content (AvgIpc) is 3.14. The Hall–Kier alpha value is -2.79. The van der Waals surface area contributed by atoms with E-state index in [9.17, 15) is 9.59 Å². The van der Waals surface area contributed by atoms with E-state index >= 15 is 0 Å². The van der Waals surface area contributed by atoms with Crippen LogP contribution in [-0.4, -0.2) is 22.8 Å². The van der Waals surface area contributed by atoms with Gasteiger partial charge in [0, 0.05) is 16.5 Å². The maximum atomic E-state index is 12.5. The van der Waals surface area contributed by atoms with Crippen molar-refractivity contribution < 1.29 is 14.3 Å². The van der Waals surface area contributed by atoms with E-state index in [0.717, 1.165) is 27.3 Å². The van der Waals surface area contributed by atoms with Crippen LogP contribution in [0.1, 0.15) is 44.5 Å². The van der Waals surface area contributed by atoms with Crippen molar-refractivity contribution in [2.24, 2.45) is 0 Å². The number of carbonyl (C=O) groups is 2. The summed E-state index contributed by atoms with van der Waals surface area (Å²) in [6, 6.07) is 13.4. The summed E-state index contributed by atoms with van der Waals surface area (Å²) in [4.78, 5) is 29.3. The van der Waals surface area contributed by atoms with Gasteiger partial charge in [-0.15, -0.1) is 11.3 Å². The van der Waals surface area contributed by atoms with Gasteiger partial charge in [-0.25, -0.2) is 9.78 Å². The summed E-state index contributed by atoms with van der Waals surface area (Å²) in [6.45, 7) is 7.54. The van der Waals surface area contributed by atoms with Gasteiger partial charge in [-0.3, -0.25) is 4.79 Å². The molecule has 138 valence electrons. The van der Waals surface area contributed by atoms with Crippen LogP contribution in [0.5, 0.6) is 0 Å². The Bertz CT molecular complexity index is 989. The molecule has 0 unspecified atom stereocenters. The fourth-order valence-corrected chi connectivity index (χ4v) is 3.40. The third-order valence-electron chi connectivity index (χ3n) is 4.46. The lowest BCUT2D eigenvalue weighted by Crippen LogP contribution is -2.24. The van der Waals surface area contributed by atoms with Gasteiger partial charge in [0.2, 0.25) is 5.78 Å². The van der Waals surface area contributed by atoms with Crippen LogP contribution in [0.2, 0.25) is 0 Å². The van der Waals surface area contributed by atoms with Gasteiger partial charge in [-0.2, -0.15) is 0 Å². The lowest BCUT2D eigenvalue weighted by atomic mass is 10.0. The molecule has 0 saturated heterocycles. The summed E-state index contributed by atoms with van der Waals surface area (Å²) in [7, 11) is 0. The van der Waals surface area contributed by atoms with Gasteiger partial charge < -0.3 is 4.74 Å². The smallest absolute Gasteiger partial charge is 0.358 e. The molecule has 2 aromatic carbocycles. The molecule has 0 saturated carbocycles. The van der Waals surface area contributed by atoms with E-state index < -0.39 is 12.1 Å². The molecule has 0 aliphatic heterocycles. The number of ether oxygens (including phenoxy) is 1. The van der Waals surface area contributed by atoms with Crippen LogP contribution in [0.15, 0.2) is 47.8 Å². The Morgan fingerprint density at radius 3 is 2.37 bits per heavy atom. The van der Waals surface area contributed by atoms with E-state index in [2.05, 4.69) is 4.98 Å². The van der Waals surface area contributed by atoms with E-state index in [4.69, 9.17) is 4.74 Å². The molecule has 0 N–H and O–H groups in total. The molecule has 1 heterocycles. The topological polar surface area (TPSA) is 56.3 Å². The molecule has 0 radical (unpaired) electrons. The lowest BCUT2D eigenvalue weighted by molar-refractivity contribution is 0.0314. The zero-order valence-corrected chi connectivity index (χ0v) is 16.6. The van der Waals surface area contributed by atoms with Gasteiger partial charge in [0.05, 0.1) is 0 Å². The number of hydrogen-bond donors (Lipinski definition) is 0. The first kappa shape index (κ1) is 19.0. The Labute approximate surface area is 162 Å². The molecule has 3 aromatic rings. The standard InChI is InChI=1S/C22H21NO3S/c1-13-5-8-17(9-6-13)21-23-19(12-27-21)22(25)26-16(4)20(24)18-10-7-14(2)15(3)11-18/h5-12,16H,1-4H3/t16-/m1/s1. The van der Waals surface area contributed by atoms with Gasteiger partial charge >= 0.3 is 5.97 Å². The highest BCUT2D eigenvalue weighted by molar-refractivity contribution is 7.13. The summed E-state index contributed by atoms with van der Waals surface area (Å²) in [6.07, 6.45) is -0.871. The molecule has 0 fully saturated rings. The van der Waals surface area contributed by atoms with Crippen molar-refractivity contribution in [3.05, 3.63) is 75.8 Å². The zero-order chi connectivity index (χ0) is 19.6. The van der Waals surface area contributed by atoms with Crippen LogP contribution in [0, 0.1) is 20.8 Å². The fraction of sp³-hybridized carbons (Fsp3) is 0.227. The van der Waals surface area contributed by atoms with Crippen LogP contribution < -0.4 is 0 Å². The second kappa shape index (κ2) is 7.84. The van der Waals surface area contributed by atoms with Gasteiger partial charge in [0.15, 0.2) is 11.8 Å². The van der Waals surface area contributed by atoms with Crippen molar-refractivity contribution in [3.63, 3.8) is 0 Å². The minimum Gasteiger partial charge on any atom is -0.450 e. The minimum absolute atomic E-state index is 0.218. The van der Waals surface area contributed by atoms with E-state index in [1.807, 2.05) is 57.2 Å². The maximum absolute atomic E-state index is 12.5. The molecule has 4 nitrogen and oxygen atoms in total. The normalized spacial score (nSPS) is 11.9. The first-order chi connectivity index (χ1) is 12.8. The molecular formula is C22H21NO3S. The molecule has 0 spiro atoms. The first-order valence-corrected chi connectivity index (χ1v) is 9.58. The number of benzene rings is 2. The van der Waals surface area contributed by atoms with E-state index in [0.29, 0.717) is 5.56 Å². The van der Waals surface area contributed by atoms with E-state index in [-0.39, 0.29) is 11.5 Å². The quantitative estimate of drug-likeness (QED) is 0.454. The number of ketones is 1. The number of thiazole rings is 1. The molecule has 3 rings (SSSR count). The predicted molar refractivity (Wildman–Crippen MR) is 107 cm³/mol. The number of Topliss-reactive ketones (excluding diaryl/α,β-unsaturated/α-hetero) is 1. The molecule has 0 bridgehead atoms. The van der Waals surface area contributed by atoms with Crippen molar-refractivity contribution in [1.82, 2.24) is 4.98 Å². The number of esters is 1. The van der Waals surface area contributed by atoms with E-state index in [1.165, 1.54) is 11.3 Å². The van der Waals surface area contributed by atoms with Crippen LogP contribution in [0.4, 0.5) is 0 Å². The van der Waals surface area contributed by atoms with Crippen molar-refractivity contribution in [2.75, 3.05) is 0 Å². The van der Waals surface area contributed by atoms with Crippen molar-refractivity contribution >= 4 is 23.1 Å². The third-order valence-corrected chi connectivity index (χ3v) is 5.35. The molecule has 0 amide bonds. The van der Waals surface area contributed by atoms with Gasteiger partial charge in [0.1, 0.15) is 5.01 Å². The Kier molecular flexibility index (Phi) is 5.51. The monoisotopic (exact) mass is 379 g/mol. The second-order valence-electron chi connectivity index (χ2n) is 6.61. The highest BCUT2D eigenvalue weighted by Crippen LogP contribution is 2.24. The number of carbonyl (C=O) groups excluding carboxylic acids is 2. The van der Waals surface area contributed by atoms with Crippen LogP contribution >= 0.6 is 11.3 Å². The summed E-state index contributed by atoms with van der Waals surface area (Å²) < 4.78 is 5.35. The number of aryl methyl sites for hydroxylation is 3. The van der Waals surface area contributed by atoms with Crippen LogP contribution in [0.25, 0.3) is 10.6 Å². The Balaban J connectivity index is 1.70. The largest absolute Gasteiger partial charge is 0.450 e. The fourth-order valence-electron chi connectivity index (χ4n) is 2.60. The predicted octanol–water partition coefficient (Wildman–Crippen LogP) is 5.16. The van der Waals surface area contributed by atoms with E-state index in [1.54, 1.807) is 18.4 Å². The molecule has 1 aromatic heterocycles. The molecule has 0 aliphatic rings.